The van der Waals surface area contributed by atoms with Crippen LogP contribution in [0.2, 0.25) is 0 Å². The van der Waals surface area contributed by atoms with Gasteiger partial charge in [-0.25, -0.2) is 0 Å². The van der Waals surface area contributed by atoms with Gasteiger partial charge in [-0.05, 0) is 18.3 Å². The summed E-state index contributed by atoms with van der Waals surface area (Å²) in [7, 11) is 0. The van der Waals surface area contributed by atoms with E-state index in [1.165, 1.54) is 0 Å². The highest BCUT2D eigenvalue weighted by Crippen LogP contribution is 2.23. The molecule has 1 amide bonds. The number of hydrogen-bond donors (Lipinski definition) is 1. The molecule has 1 aliphatic rings. The molecule has 1 heterocycles. The Bertz CT molecular complexity index is 257. The maximum Gasteiger partial charge on any atom is 0.241 e. The zero-order valence-corrected chi connectivity index (χ0v) is 12.0. The molecule has 1 fully saturated rings. The largest absolute Gasteiger partial charge is 0.325 e. The summed E-state index contributed by atoms with van der Waals surface area (Å²) in [4.78, 5) is 14.4. The van der Waals surface area contributed by atoms with Crippen LogP contribution < -0.4 is 5.32 Å². The molecular formula is C14H28N2O. The van der Waals surface area contributed by atoms with Gasteiger partial charge in [-0.3, -0.25) is 10.1 Å². The molecule has 1 N–H and O–H groups in total. The highest BCUT2D eigenvalue weighted by molar-refractivity contribution is 5.84. The summed E-state index contributed by atoms with van der Waals surface area (Å²) in [5, 5.41) is 3.47. The lowest BCUT2D eigenvalue weighted by atomic mass is 9.95. The Balaban J connectivity index is 2.65. The number of carbonyl (C=O) groups is 1. The first kappa shape index (κ1) is 14.5. The number of nitrogens with one attached hydrogen (secondary N) is 1. The van der Waals surface area contributed by atoms with Gasteiger partial charge >= 0.3 is 0 Å². The van der Waals surface area contributed by atoms with Crippen molar-refractivity contribution in [3.63, 3.8) is 0 Å². The number of carbonyl (C=O) groups excluding carboxylic acids is 1. The number of nitrogens with zero attached hydrogens (tertiary/aromatic N) is 1. The summed E-state index contributed by atoms with van der Waals surface area (Å²) in [6.07, 6.45) is 4.49. The second-order valence-electron chi connectivity index (χ2n) is 6.31. The Morgan fingerprint density at radius 3 is 2.41 bits per heavy atom. The zero-order chi connectivity index (χ0) is 13.1. The van der Waals surface area contributed by atoms with Crippen LogP contribution in [-0.2, 0) is 4.79 Å². The molecular weight excluding hydrogens is 212 g/mol. The van der Waals surface area contributed by atoms with E-state index >= 15 is 0 Å². The maximum atomic E-state index is 12.3. The van der Waals surface area contributed by atoms with E-state index in [9.17, 15) is 4.79 Å². The first-order chi connectivity index (χ1) is 7.89. The molecule has 1 saturated heterocycles. The lowest BCUT2D eigenvalue weighted by molar-refractivity contribution is -0.131. The molecule has 0 radical (unpaired) electrons. The topological polar surface area (TPSA) is 32.3 Å². The van der Waals surface area contributed by atoms with E-state index in [0.717, 1.165) is 32.2 Å². The fourth-order valence-corrected chi connectivity index (χ4v) is 2.40. The first-order valence-corrected chi connectivity index (χ1v) is 6.95. The number of amides is 1. The van der Waals surface area contributed by atoms with Crippen LogP contribution in [0.25, 0.3) is 0 Å². The van der Waals surface area contributed by atoms with Gasteiger partial charge < -0.3 is 4.90 Å². The normalized spacial score (nSPS) is 25.7. The van der Waals surface area contributed by atoms with Gasteiger partial charge in [0.05, 0.1) is 12.2 Å². The molecule has 0 aromatic heterocycles. The van der Waals surface area contributed by atoms with E-state index in [1.807, 2.05) is 4.90 Å². The van der Waals surface area contributed by atoms with Crippen LogP contribution in [0.15, 0.2) is 0 Å². The van der Waals surface area contributed by atoms with Crippen molar-refractivity contribution >= 4 is 5.91 Å². The lowest BCUT2D eigenvalue weighted by Gasteiger charge is -2.30. The van der Waals surface area contributed by atoms with Crippen LogP contribution in [0.3, 0.4) is 0 Å². The van der Waals surface area contributed by atoms with Crippen molar-refractivity contribution < 1.29 is 4.79 Å². The summed E-state index contributed by atoms with van der Waals surface area (Å²) in [6.45, 7) is 11.7. The Kier molecular flexibility index (Phi) is 4.99. The molecule has 3 heteroatoms. The van der Waals surface area contributed by atoms with Crippen LogP contribution in [0.5, 0.6) is 0 Å². The predicted octanol–water partition coefficient (Wildman–Crippen LogP) is 2.76. The van der Waals surface area contributed by atoms with Gasteiger partial charge in [-0.15, -0.1) is 0 Å². The standard InChI is InChI=1S/C14H28N2O/c1-6-8-9-11-13(17)16(10-14(3,4)5)12(7-2)15-11/h11-12,15H,6-10H2,1-5H3. The summed E-state index contributed by atoms with van der Waals surface area (Å²) in [6, 6.07) is 0.0576. The van der Waals surface area contributed by atoms with Crippen LogP contribution in [-0.4, -0.2) is 29.6 Å². The van der Waals surface area contributed by atoms with Gasteiger partial charge in [-0.2, -0.15) is 0 Å². The van der Waals surface area contributed by atoms with Crippen molar-refractivity contribution in [2.24, 2.45) is 5.41 Å². The smallest absolute Gasteiger partial charge is 0.241 e. The molecule has 1 rings (SSSR count). The Hall–Kier alpha value is -0.570. The second kappa shape index (κ2) is 5.85. The molecule has 0 aromatic rings. The molecule has 0 saturated carbocycles. The number of rotatable bonds is 5. The maximum absolute atomic E-state index is 12.3. The van der Waals surface area contributed by atoms with Crippen molar-refractivity contribution in [1.29, 1.82) is 0 Å². The Morgan fingerprint density at radius 1 is 1.29 bits per heavy atom. The fourth-order valence-electron chi connectivity index (χ4n) is 2.40. The van der Waals surface area contributed by atoms with E-state index < -0.39 is 0 Å². The van der Waals surface area contributed by atoms with Crippen LogP contribution in [0, 0.1) is 5.41 Å². The quantitative estimate of drug-likeness (QED) is 0.801. The minimum atomic E-state index is 0.0576. The number of hydrogen-bond acceptors (Lipinski definition) is 2. The molecule has 3 nitrogen and oxygen atoms in total. The summed E-state index contributed by atoms with van der Waals surface area (Å²) in [5.41, 5.74) is 0.171. The summed E-state index contributed by atoms with van der Waals surface area (Å²) >= 11 is 0. The van der Waals surface area contributed by atoms with Crippen LogP contribution >= 0.6 is 0 Å². The van der Waals surface area contributed by atoms with Gasteiger partial charge in [-0.1, -0.05) is 47.5 Å². The molecule has 1 aliphatic heterocycles. The fraction of sp³-hybridized carbons (Fsp3) is 0.929. The molecule has 0 spiro atoms. The van der Waals surface area contributed by atoms with E-state index in [0.29, 0.717) is 5.91 Å². The molecule has 2 atom stereocenters. The molecule has 100 valence electrons. The highest BCUT2D eigenvalue weighted by atomic mass is 16.2. The lowest BCUT2D eigenvalue weighted by Crippen LogP contribution is -2.41. The zero-order valence-electron chi connectivity index (χ0n) is 12.0. The van der Waals surface area contributed by atoms with Crippen LogP contribution in [0.1, 0.15) is 60.3 Å². The molecule has 2 unspecified atom stereocenters. The van der Waals surface area contributed by atoms with Crippen LogP contribution in [0.4, 0.5) is 0 Å². The van der Waals surface area contributed by atoms with Gasteiger partial charge in [0.25, 0.3) is 0 Å². The average molecular weight is 240 g/mol. The van der Waals surface area contributed by atoms with E-state index in [1.54, 1.807) is 0 Å². The van der Waals surface area contributed by atoms with Crippen molar-refractivity contribution in [3.8, 4) is 0 Å². The minimum absolute atomic E-state index is 0.0576. The monoisotopic (exact) mass is 240 g/mol. The average Bonchev–Trinajstić information content (AvgIpc) is 2.52. The van der Waals surface area contributed by atoms with Gasteiger partial charge in [0.15, 0.2) is 0 Å². The van der Waals surface area contributed by atoms with E-state index in [-0.39, 0.29) is 17.6 Å². The highest BCUT2D eigenvalue weighted by Gasteiger charge is 2.38. The summed E-state index contributed by atoms with van der Waals surface area (Å²) in [5.74, 6) is 0.306. The molecule has 0 aromatic carbocycles. The van der Waals surface area contributed by atoms with Gasteiger partial charge in [0, 0.05) is 6.54 Å². The Labute approximate surface area is 106 Å². The van der Waals surface area contributed by atoms with Crippen molar-refractivity contribution in [2.75, 3.05) is 6.54 Å². The first-order valence-electron chi connectivity index (χ1n) is 6.95. The third-order valence-corrected chi connectivity index (χ3v) is 3.23. The summed E-state index contributed by atoms with van der Waals surface area (Å²) < 4.78 is 0. The van der Waals surface area contributed by atoms with E-state index in [2.05, 4.69) is 39.9 Å². The second-order valence-corrected chi connectivity index (χ2v) is 6.31. The molecule has 0 aliphatic carbocycles. The third kappa shape index (κ3) is 3.98. The minimum Gasteiger partial charge on any atom is -0.325 e. The Morgan fingerprint density at radius 2 is 1.94 bits per heavy atom. The molecule has 17 heavy (non-hydrogen) atoms. The van der Waals surface area contributed by atoms with Crippen molar-refractivity contribution in [3.05, 3.63) is 0 Å². The van der Waals surface area contributed by atoms with E-state index in [4.69, 9.17) is 0 Å². The molecule has 0 bridgehead atoms. The van der Waals surface area contributed by atoms with Crippen molar-refractivity contribution in [1.82, 2.24) is 10.2 Å². The van der Waals surface area contributed by atoms with Gasteiger partial charge in [0.2, 0.25) is 5.91 Å². The van der Waals surface area contributed by atoms with Gasteiger partial charge in [0.1, 0.15) is 0 Å². The van der Waals surface area contributed by atoms with Crippen molar-refractivity contribution in [2.45, 2.75) is 72.5 Å². The number of unbranched alkanes of at least 4 members (excludes halogenated alkanes) is 1. The third-order valence-electron chi connectivity index (χ3n) is 3.23. The SMILES string of the molecule is CCCCC1NC(CC)N(CC(C)(C)C)C1=O. The predicted molar refractivity (Wildman–Crippen MR) is 71.7 cm³/mol.